The molecule has 2 aromatic heterocycles. The van der Waals surface area contributed by atoms with Gasteiger partial charge in [0.15, 0.2) is 0 Å². The number of thiophene rings is 1. The van der Waals surface area contributed by atoms with Gasteiger partial charge in [-0.05, 0) is 52.8 Å². The Bertz CT molecular complexity index is 999. The van der Waals surface area contributed by atoms with Gasteiger partial charge in [-0.3, -0.25) is 9.69 Å². The minimum absolute atomic E-state index is 0.212. The van der Waals surface area contributed by atoms with E-state index in [9.17, 15) is 9.59 Å². The Balaban J connectivity index is 1.88. The Morgan fingerprint density at radius 1 is 1.31 bits per heavy atom. The number of esters is 1. The predicted octanol–water partition coefficient (Wildman–Crippen LogP) is 3.56. The van der Waals surface area contributed by atoms with Crippen LogP contribution < -0.4 is 5.56 Å². The number of hydrogen-bond acceptors (Lipinski definition) is 6. The molecule has 0 aliphatic carbocycles. The minimum atomic E-state index is -0.450. The van der Waals surface area contributed by atoms with Crippen molar-refractivity contribution >= 4 is 44.1 Å². The molecular weight excluding hydrogens is 418 g/mol. The van der Waals surface area contributed by atoms with Gasteiger partial charge in [-0.25, -0.2) is 9.78 Å². The van der Waals surface area contributed by atoms with E-state index in [4.69, 9.17) is 4.74 Å². The van der Waals surface area contributed by atoms with Crippen LogP contribution in [-0.2, 0) is 17.8 Å². The molecule has 0 atom stereocenters. The van der Waals surface area contributed by atoms with Crippen molar-refractivity contribution in [2.24, 2.45) is 0 Å². The van der Waals surface area contributed by atoms with Gasteiger partial charge in [-0.15, -0.1) is 11.3 Å². The summed E-state index contributed by atoms with van der Waals surface area (Å²) in [7, 11) is 1.32. The van der Waals surface area contributed by atoms with Gasteiger partial charge in [0.1, 0.15) is 5.82 Å². The molecule has 6 nitrogen and oxygen atoms in total. The molecular formula is C18H18BrN3O3S. The Hall–Kier alpha value is -2.03. The van der Waals surface area contributed by atoms with E-state index in [-0.39, 0.29) is 5.56 Å². The third-order valence-electron chi connectivity index (χ3n) is 4.01. The number of carbonyl (C=O) groups is 1. The monoisotopic (exact) mass is 435 g/mol. The molecule has 0 saturated heterocycles. The van der Waals surface area contributed by atoms with Gasteiger partial charge >= 0.3 is 5.97 Å². The van der Waals surface area contributed by atoms with E-state index in [1.54, 1.807) is 29.5 Å². The Morgan fingerprint density at radius 2 is 2.12 bits per heavy atom. The maximum Gasteiger partial charge on any atom is 0.337 e. The molecule has 0 amide bonds. The number of rotatable bonds is 6. The maximum atomic E-state index is 12.3. The van der Waals surface area contributed by atoms with E-state index in [0.29, 0.717) is 28.8 Å². The molecule has 0 radical (unpaired) electrons. The van der Waals surface area contributed by atoms with Crippen molar-refractivity contribution in [3.63, 3.8) is 0 Å². The molecule has 0 unspecified atom stereocenters. The second kappa shape index (κ2) is 8.11. The zero-order chi connectivity index (χ0) is 18.7. The summed E-state index contributed by atoms with van der Waals surface area (Å²) < 4.78 is 5.83. The first-order valence-electron chi connectivity index (χ1n) is 8.08. The highest BCUT2D eigenvalue weighted by Crippen LogP contribution is 2.23. The molecule has 136 valence electrons. The lowest BCUT2D eigenvalue weighted by molar-refractivity contribution is 0.0601. The summed E-state index contributed by atoms with van der Waals surface area (Å²) >= 11 is 5.16. The molecule has 1 aromatic carbocycles. The van der Waals surface area contributed by atoms with E-state index in [2.05, 4.69) is 43.8 Å². The molecule has 0 bridgehead atoms. The van der Waals surface area contributed by atoms with E-state index >= 15 is 0 Å². The highest BCUT2D eigenvalue weighted by molar-refractivity contribution is 9.11. The van der Waals surface area contributed by atoms with E-state index in [1.165, 1.54) is 12.0 Å². The van der Waals surface area contributed by atoms with Crippen LogP contribution in [0.5, 0.6) is 0 Å². The number of ether oxygens (including phenoxy) is 1. The van der Waals surface area contributed by atoms with Gasteiger partial charge in [0, 0.05) is 11.4 Å². The van der Waals surface area contributed by atoms with E-state index < -0.39 is 5.97 Å². The molecule has 26 heavy (non-hydrogen) atoms. The lowest BCUT2D eigenvalue weighted by atomic mass is 10.1. The number of benzene rings is 1. The van der Waals surface area contributed by atoms with E-state index in [1.807, 2.05) is 6.07 Å². The zero-order valence-electron chi connectivity index (χ0n) is 14.4. The summed E-state index contributed by atoms with van der Waals surface area (Å²) in [5.74, 6) is 0.121. The summed E-state index contributed by atoms with van der Waals surface area (Å²) in [6.45, 7) is 4.17. The normalized spacial score (nSPS) is 11.2. The first-order chi connectivity index (χ1) is 12.5. The third kappa shape index (κ3) is 4.20. The minimum Gasteiger partial charge on any atom is -0.465 e. The van der Waals surface area contributed by atoms with Crippen LogP contribution in [0.1, 0.15) is 28.0 Å². The fourth-order valence-corrected chi connectivity index (χ4v) is 4.18. The van der Waals surface area contributed by atoms with Gasteiger partial charge in [0.05, 0.1) is 33.9 Å². The molecule has 2 heterocycles. The quantitative estimate of drug-likeness (QED) is 0.599. The van der Waals surface area contributed by atoms with Crippen molar-refractivity contribution in [1.29, 1.82) is 0 Å². The molecule has 0 aliphatic heterocycles. The predicted molar refractivity (Wildman–Crippen MR) is 106 cm³/mol. The topological polar surface area (TPSA) is 75.3 Å². The van der Waals surface area contributed by atoms with Crippen LogP contribution in [0.4, 0.5) is 0 Å². The van der Waals surface area contributed by atoms with Crippen LogP contribution in [0.25, 0.3) is 10.9 Å². The smallest absolute Gasteiger partial charge is 0.337 e. The first kappa shape index (κ1) is 18.8. The van der Waals surface area contributed by atoms with Crippen molar-refractivity contribution in [2.75, 3.05) is 13.7 Å². The summed E-state index contributed by atoms with van der Waals surface area (Å²) in [6, 6.07) is 8.86. The summed E-state index contributed by atoms with van der Waals surface area (Å²) in [4.78, 5) is 34.9. The molecule has 0 fully saturated rings. The van der Waals surface area contributed by atoms with Crippen molar-refractivity contribution in [3.8, 4) is 0 Å². The number of halogens is 1. The second-order valence-electron chi connectivity index (χ2n) is 5.75. The number of fused-ring (bicyclic) bond motifs is 1. The second-order valence-corrected chi connectivity index (χ2v) is 8.29. The molecule has 1 N–H and O–H groups in total. The molecule has 3 aromatic rings. The molecule has 3 rings (SSSR count). The molecule has 8 heteroatoms. The summed E-state index contributed by atoms with van der Waals surface area (Å²) in [6.07, 6.45) is 0. The number of nitrogens with one attached hydrogen (secondary N) is 1. The average Bonchev–Trinajstić information content (AvgIpc) is 3.04. The first-order valence-corrected chi connectivity index (χ1v) is 9.69. The average molecular weight is 436 g/mol. The van der Waals surface area contributed by atoms with Crippen LogP contribution in [-0.4, -0.2) is 34.5 Å². The summed E-state index contributed by atoms with van der Waals surface area (Å²) in [5, 5.41) is 0.451. The lowest BCUT2D eigenvalue weighted by Gasteiger charge is -2.19. The number of aromatic amines is 1. The van der Waals surface area contributed by atoms with Gasteiger partial charge < -0.3 is 9.72 Å². The van der Waals surface area contributed by atoms with Crippen LogP contribution in [0.2, 0.25) is 0 Å². The van der Waals surface area contributed by atoms with Crippen LogP contribution in [0, 0.1) is 0 Å². The van der Waals surface area contributed by atoms with Gasteiger partial charge in [0.25, 0.3) is 5.56 Å². The molecule has 0 spiro atoms. The van der Waals surface area contributed by atoms with Crippen molar-refractivity contribution in [2.45, 2.75) is 20.0 Å². The number of nitrogens with zero attached hydrogens (tertiary/aromatic N) is 2. The Kier molecular flexibility index (Phi) is 5.85. The highest BCUT2D eigenvalue weighted by atomic mass is 79.9. The number of hydrogen-bond donors (Lipinski definition) is 1. The summed E-state index contributed by atoms with van der Waals surface area (Å²) in [5.41, 5.74) is 0.651. The fraction of sp³-hybridized carbons (Fsp3) is 0.278. The van der Waals surface area contributed by atoms with Crippen LogP contribution in [0.15, 0.2) is 38.9 Å². The lowest BCUT2D eigenvalue weighted by Crippen LogP contribution is -2.25. The van der Waals surface area contributed by atoms with Crippen LogP contribution >= 0.6 is 27.3 Å². The maximum absolute atomic E-state index is 12.3. The van der Waals surface area contributed by atoms with Gasteiger partial charge in [-0.2, -0.15) is 0 Å². The van der Waals surface area contributed by atoms with Crippen LogP contribution in [0.3, 0.4) is 0 Å². The molecule has 0 aliphatic rings. The standard InChI is InChI=1S/C18H18BrN3O3S/c1-3-22(9-12-5-7-15(19)26-12)10-16-20-14-8-11(18(24)25-2)4-6-13(14)17(23)21-16/h4-8H,3,9-10H2,1-2H3,(H,20,21,23). The van der Waals surface area contributed by atoms with Crippen molar-refractivity contribution in [1.82, 2.24) is 14.9 Å². The highest BCUT2D eigenvalue weighted by Gasteiger charge is 2.12. The van der Waals surface area contributed by atoms with Crippen molar-refractivity contribution in [3.05, 3.63) is 60.7 Å². The van der Waals surface area contributed by atoms with Gasteiger partial charge in [-0.1, -0.05) is 6.92 Å². The Labute approximate surface area is 163 Å². The van der Waals surface area contributed by atoms with E-state index in [0.717, 1.165) is 16.9 Å². The largest absolute Gasteiger partial charge is 0.465 e. The number of methoxy groups -OCH3 is 1. The number of aromatic nitrogens is 2. The zero-order valence-corrected chi connectivity index (χ0v) is 16.8. The van der Waals surface area contributed by atoms with Crippen molar-refractivity contribution < 1.29 is 9.53 Å². The fourth-order valence-electron chi connectivity index (χ4n) is 2.66. The van der Waals surface area contributed by atoms with Gasteiger partial charge in [0.2, 0.25) is 0 Å². The SMILES string of the molecule is CCN(Cc1nc2cc(C(=O)OC)ccc2c(=O)[nH]1)Cc1ccc(Br)s1. The number of carbonyl (C=O) groups excluding carboxylic acids is 1. The molecule has 0 saturated carbocycles. The number of H-pyrrole nitrogens is 1. The third-order valence-corrected chi connectivity index (χ3v) is 5.61. The Morgan fingerprint density at radius 3 is 2.77 bits per heavy atom.